The number of urea groups is 1. The minimum Gasteiger partial charge on any atom is -0.466 e. The van der Waals surface area contributed by atoms with Crippen LogP contribution in [0.4, 0.5) is 15.3 Å². The van der Waals surface area contributed by atoms with E-state index >= 15 is 0 Å². The molecule has 0 radical (unpaired) electrons. The molecule has 2 aliphatic rings. The summed E-state index contributed by atoms with van der Waals surface area (Å²) in [5.74, 6) is -0.672. The lowest BCUT2D eigenvalue weighted by atomic mass is 10.0. The number of pyridine rings is 1. The summed E-state index contributed by atoms with van der Waals surface area (Å²) in [6, 6.07) is 8.85. The van der Waals surface area contributed by atoms with Gasteiger partial charge in [-0.3, -0.25) is 19.5 Å². The number of esters is 1. The number of anilines is 1. The zero-order valence-electron chi connectivity index (χ0n) is 24.9. The smallest absolute Gasteiger partial charge is 0.410 e. The second-order valence-electron chi connectivity index (χ2n) is 11.5. The molecular weight excluding hydrogens is 538 g/mol. The Hall–Kier alpha value is -4.15. The summed E-state index contributed by atoms with van der Waals surface area (Å²) in [6.45, 7) is 9.99. The van der Waals surface area contributed by atoms with Crippen molar-refractivity contribution in [3.05, 3.63) is 59.4 Å². The number of fused-ring (bicyclic) bond motifs is 1. The van der Waals surface area contributed by atoms with Crippen molar-refractivity contribution in [3.8, 4) is 0 Å². The molecule has 1 unspecified atom stereocenters. The zero-order valence-corrected chi connectivity index (χ0v) is 24.9. The molecule has 0 saturated carbocycles. The molecule has 4 amide bonds. The van der Waals surface area contributed by atoms with Crippen LogP contribution in [0.15, 0.2) is 42.7 Å². The van der Waals surface area contributed by atoms with Crippen LogP contribution in [0.5, 0.6) is 0 Å². The van der Waals surface area contributed by atoms with Gasteiger partial charge >= 0.3 is 18.1 Å². The molecular formula is C31H41N5O6. The van der Waals surface area contributed by atoms with Crippen LogP contribution < -0.4 is 10.2 Å². The van der Waals surface area contributed by atoms with Gasteiger partial charge in [0.25, 0.3) is 0 Å². The van der Waals surface area contributed by atoms with Gasteiger partial charge < -0.3 is 24.6 Å². The molecule has 0 aliphatic carbocycles. The molecule has 11 nitrogen and oxygen atoms in total. The summed E-state index contributed by atoms with van der Waals surface area (Å²) < 4.78 is 10.6. The fraction of sp³-hybridized carbons (Fsp3) is 0.516. The minimum absolute atomic E-state index is 0.00441. The second-order valence-corrected chi connectivity index (χ2v) is 11.5. The fourth-order valence-electron chi connectivity index (χ4n) is 5.14. The van der Waals surface area contributed by atoms with Crippen molar-refractivity contribution in [1.29, 1.82) is 0 Å². The summed E-state index contributed by atoms with van der Waals surface area (Å²) >= 11 is 0. The number of hydrogen-bond acceptors (Lipinski definition) is 7. The van der Waals surface area contributed by atoms with E-state index < -0.39 is 17.6 Å². The number of carbonyl (C=O) groups excluding carboxylic acids is 4. The molecule has 11 heteroatoms. The van der Waals surface area contributed by atoms with Crippen molar-refractivity contribution in [1.82, 2.24) is 20.1 Å². The van der Waals surface area contributed by atoms with Crippen LogP contribution in [0.2, 0.25) is 0 Å². The van der Waals surface area contributed by atoms with Crippen LogP contribution >= 0.6 is 0 Å². The Morgan fingerprint density at radius 3 is 2.50 bits per heavy atom. The highest BCUT2D eigenvalue weighted by Gasteiger charge is 2.31. The van der Waals surface area contributed by atoms with Crippen molar-refractivity contribution < 1.29 is 28.7 Å². The molecule has 1 saturated heterocycles. The first-order valence-electron chi connectivity index (χ1n) is 14.5. The average Bonchev–Trinajstić information content (AvgIpc) is 3.17. The third-order valence-corrected chi connectivity index (χ3v) is 7.26. The van der Waals surface area contributed by atoms with Crippen LogP contribution in [0, 0.1) is 0 Å². The maximum absolute atomic E-state index is 13.3. The number of aromatic nitrogens is 1. The topological polar surface area (TPSA) is 121 Å². The Morgan fingerprint density at radius 2 is 1.81 bits per heavy atom. The van der Waals surface area contributed by atoms with Gasteiger partial charge in [-0.1, -0.05) is 12.1 Å². The van der Waals surface area contributed by atoms with E-state index in [1.165, 1.54) is 0 Å². The van der Waals surface area contributed by atoms with E-state index in [1.54, 1.807) is 46.1 Å². The third-order valence-electron chi connectivity index (χ3n) is 7.26. The number of amides is 4. The summed E-state index contributed by atoms with van der Waals surface area (Å²) in [6.07, 6.45) is 4.43. The molecule has 2 aromatic rings. The van der Waals surface area contributed by atoms with E-state index in [-0.39, 0.29) is 44.0 Å². The third kappa shape index (κ3) is 8.20. The molecule has 1 aromatic carbocycles. The van der Waals surface area contributed by atoms with Crippen molar-refractivity contribution in [2.24, 2.45) is 0 Å². The van der Waals surface area contributed by atoms with Gasteiger partial charge in [0.1, 0.15) is 5.60 Å². The molecule has 0 bridgehead atoms. The maximum atomic E-state index is 13.3. The lowest BCUT2D eigenvalue weighted by molar-refractivity contribution is -0.143. The first kappa shape index (κ1) is 30.8. The minimum atomic E-state index is -0.568. The summed E-state index contributed by atoms with van der Waals surface area (Å²) in [7, 11) is 0. The molecule has 1 aromatic heterocycles. The maximum Gasteiger partial charge on any atom is 0.410 e. The van der Waals surface area contributed by atoms with Gasteiger partial charge in [-0.05, 0) is 75.4 Å². The fourth-order valence-corrected chi connectivity index (χ4v) is 5.14. The quantitative estimate of drug-likeness (QED) is 0.448. The Labute approximate surface area is 247 Å². The van der Waals surface area contributed by atoms with E-state index in [0.717, 1.165) is 23.2 Å². The highest BCUT2D eigenvalue weighted by molar-refractivity contribution is 5.94. The predicted molar refractivity (Wildman–Crippen MR) is 157 cm³/mol. The van der Waals surface area contributed by atoms with Crippen LogP contribution in [-0.2, 0) is 31.9 Å². The second kappa shape index (κ2) is 13.7. The molecule has 0 spiro atoms. The normalized spacial score (nSPS) is 16.0. The molecule has 1 atom stereocenters. The van der Waals surface area contributed by atoms with E-state index in [2.05, 4.69) is 10.3 Å². The molecule has 3 heterocycles. The first-order valence-corrected chi connectivity index (χ1v) is 14.5. The number of nitrogens with zero attached hydrogens (tertiary/aromatic N) is 4. The Morgan fingerprint density at radius 1 is 1.05 bits per heavy atom. The Bertz CT molecular complexity index is 1280. The molecule has 1 fully saturated rings. The molecule has 226 valence electrons. The van der Waals surface area contributed by atoms with Crippen LogP contribution in [0.25, 0.3) is 0 Å². The van der Waals surface area contributed by atoms with Gasteiger partial charge in [0.15, 0.2) is 0 Å². The molecule has 1 N–H and O–H groups in total. The number of benzene rings is 1. The molecule has 4 rings (SSSR count). The first-order chi connectivity index (χ1) is 20.0. The van der Waals surface area contributed by atoms with Crippen molar-refractivity contribution in [3.63, 3.8) is 0 Å². The standard InChI is InChI=1S/C31H41N5O6/c1-5-41-28(38)20-26(24-7-6-13-32-21-24)33-27(37)12-16-34-17-18-36(29(34)39)25-9-8-22-10-14-35(15-11-23(22)19-25)30(40)42-31(2,3)4/h6-9,13,19,21,26H,5,10-12,14-18,20H2,1-4H3,(H,33,37). The van der Waals surface area contributed by atoms with Gasteiger partial charge in [0.2, 0.25) is 5.91 Å². The van der Waals surface area contributed by atoms with E-state index in [1.807, 2.05) is 39.0 Å². The molecule has 2 aliphatic heterocycles. The SMILES string of the molecule is CCOC(=O)CC(NC(=O)CCN1CCN(c2ccc3c(c2)CCN(C(=O)OC(C)(C)C)CC3)C1=O)c1cccnc1. The number of ether oxygens (including phenoxy) is 2. The predicted octanol–water partition coefficient (Wildman–Crippen LogP) is 3.86. The average molecular weight is 580 g/mol. The van der Waals surface area contributed by atoms with Gasteiger partial charge in [-0.2, -0.15) is 0 Å². The van der Waals surface area contributed by atoms with E-state index in [4.69, 9.17) is 9.47 Å². The van der Waals surface area contributed by atoms with Gasteiger partial charge in [-0.25, -0.2) is 9.59 Å². The molecule has 42 heavy (non-hydrogen) atoms. The van der Waals surface area contributed by atoms with Crippen LogP contribution in [-0.4, -0.2) is 83.7 Å². The van der Waals surface area contributed by atoms with E-state index in [0.29, 0.717) is 38.2 Å². The number of rotatable bonds is 9. The number of hydrogen-bond donors (Lipinski definition) is 1. The van der Waals surface area contributed by atoms with Crippen molar-refractivity contribution in [2.75, 3.05) is 44.2 Å². The lowest BCUT2D eigenvalue weighted by Crippen LogP contribution is -2.38. The zero-order chi connectivity index (χ0) is 30.3. The Balaban J connectivity index is 1.32. The van der Waals surface area contributed by atoms with Gasteiger partial charge in [0, 0.05) is 57.2 Å². The lowest BCUT2D eigenvalue weighted by Gasteiger charge is -2.26. The highest BCUT2D eigenvalue weighted by Crippen LogP contribution is 2.27. The van der Waals surface area contributed by atoms with Crippen molar-refractivity contribution >= 4 is 29.7 Å². The highest BCUT2D eigenvalue weighted by atomic mass is 16.6. The summed E-state index contributed by atoms with van der Waals surface area (Å²) in [5.41, 5.74) is 3.25. The summed E-state index contributed by atoms with van der Waals surface area (Å²) in [4.78, 5) is 60.1. The van der Waals surface area contributed by atoms with Gasteiger partial charge in [0.05, 0.1) is 19.1 Å². The monoisotopic (exact) mass is 579 g/mol. The van der Waals surface area contributed by atoms with Crippen LogP contribution in [0.3, 0.4) is 0 Å². The van der Waals surface area contributed by atoms with Crippen LogP contribution in [0.1, 0.15) is 63.3 Å². The Kier molecular flexibility index (Phi) is 10.0. The summed E-state index contributed by atoms with van der Waals surface area (Å²) in [5, 5.41) is 2.90. The van der Waals surface area contributed by atoms with Crippen molar-refractivity contribution in [2.45, 2.75) is 65.0 Å². The van der Waals surface area contributed by atoms with Gasteiger partial charge in [-0.15, -0.1) is 0 Å². The number of nitrogens with one attached hydrogen (secondary N) is 1. The number of carbonyl (C=O) groups is 4. The largest absolute Gasteiger partial charge is 0.466 e. The van der Waals surface area contributed by atoms with E-state index in [9.17, 15) is 19.2 Å².